The van der Waals surface area contributed by atoms with E-state index in [0.717, 1.165) is 28.0 Å². The van der Waals surface area contributed by atoms with Crippen LogP contribution in [-0.2, 0) is 65.4 Å². The van der Waals surface area contributed by atoms with Crippen LogP contribution >= 0.6 is 23.8 Å². The molecule has 2 aromatic rings. The summed E-state index contributed by atoms with van der Waals surface area (Å²) in [5.41, 5.74) is 5.79. The molecule has 4 aliphatic rings. The van der Waals surface area contributed by atoms with Gasteiger partial charge >= 0.3 is 18.0 Å². The Balaban J connectivity index is 1.17. The maximum Gasteiger partial charge on any atom is 0.328 e. The fraction of sp³-hybridized carbons (Fsp3) is 0.562. The maximum atomic E-state index is 14.5. The van der Waals surface area contributed by atoms with E-state index in [0.29, 0.717) is 66.2 Å². The van der Waals surface area contributed by atoms with Crippen molar-refractivity contribution in [1.82, 2.24) is 20.4 Å². The van der Waals surface area contributed by atoms with Crippen LogP contribution in [0.4, 0.5) is 10.5 Å². The van der Waals surface area contributed by atoms with Gasteiger partial charge in [0.1, 0.15) is 41.3 Å². The van der Waals surface area contributed by atoms with Crippen LogP contribution in [0.1, 0.15) is 133 Å². The Bertz CT molecular complexity index is 3040. The molecular formula is C64H85ClN6O15S. The Hall–Kier alpha value is -6.85. The summed E-state index contributed by atoms with van der Waals surface area (Å²) in [5, 5.41) is 17.9. The van der Waals surface area contributed by atoms with E-state index in [-0.39, 0.29) is 79.4 Å². The number of nitrogens with two attached hydrogens (primary N) is 1. The summed E-state index contributed by atoms with van der Waals surface area (Å²) >= 11 is 12.6. The molecule has 21 nitrogen and oxygen atoms in total. The lowest BCUT2D eigenvalue weighted by atomic mass is 9.78. The predicted molar refractivity (Wildman–Crippen MR) is 330 cm³/mol. The van der Waals surface area contributed by atoms with Gasteiger partial charge in [0, 0.05) is 71.1 Å². The van der Waals surface area contributed by atoms with Gasteiger partial charge in [0.2, 0.25) is 11.8 Å². The molecular weight excluding hydrogens is 1160 g/mol. The first kappa shape index (κ1) is 69.3. The summed E-state index contributed by atoms with van der Waals surface area (Å²) < 4.78 is 30.0. The van der Waals surface area contributed by atoms with Crippen molar-refractivity contribution in [2.24, 2.45) is 23.5 Å². The number of thiocarbonyl (C=S) groups is 1. The number of nitrogens with zero attached hydrogens (tertiary/aromatic N) is 3. The van der Waals surface area contributed by atoms with Crippen LogP contribution in [0.15, 0.2) is 66.3 Å². The fourth-order valence-corrected chi connectivity index (χ4v) is 12.1. The molecule has 0 aliphatic carbocycles. The molecule has 6 rings (SSSR count). The minimum atomic E-state index is -1.65. The van der Waals surface area contributed by atoms with Crippen LogP contribution in [0.25, 0.3) is 0 Å². The fourth-order valence-electron chi connectivity index (χ4n) is 11.5. The number of aryl methyl sites for hydroxylation is 1. The number of fused-ring (bicyclic) bond motifs is 5. The van der Waals surface area contributed by atoms with Crippen LogP contribution in [0.3, 0.4) is 0 Å². The van der Waals surface area contributed by atoms with Crippen molar-refractivity contribution < 1.29 is 71.9 Å². The number of rotatable bonds is 24. The van der Waals surface area contributed by atoms with Crippen molar-refractivity contribution in [3.63, 3.8) is 0 Å². The van der Waals surface area contributed by atoms with E-state index in [9.17, 15) is 48.3 Å². The number of nitrogens with one attached hydrogen (secondary N) is 2. The molecule has 4 bridgehead atoms. The van der Waals surface area contributed by atoms with E-state index >= 15 is 0 Å². The number of ketones is 1. The van der Waals surface area contributed by atoms with Crippen molar-refractivity contribution in [1.29, 1.82) is 0 Å². The number of urea groups is 1. The Morgan fingerprint density at radius 2 is 1.70 bits per heavy atom. The molecule has 87 heavy (non-hydrogen) atoms. The molecule has 0 radical (unpaired) electrons. The summed E-state index contributed by atoms with van der Waals surface area (Å²) in [4.78, 5) is 125. The quantitative estimate of drug-likeness (QED) is 0.0272. The lowest BCUT2D eigenvalue weighted by Crippen LogP contribution is -2.53. The molecule has 0 spiro atoms. The second-order valence-corrected chi connectivity index (χ2v) is 24.9. The molecule has 4 aliphatic heterocycles. The van der Waals surface area contributed by atoms with E-state index in [1.54, 1.807) is 39.1 Å². The molecule has 23 heteroatoms. The number of ether oxygens (including phenoxy) is 5. The monoisotopic (exact) mass is 1240 g/mol. The van der Waals surface area contributed by atoms with E-state index < -0.39 is 89.3 Å². The number of hydrogen-bond donors (Lipinski definition) is 4. The summed E-state index contributed by atoms with van der Waals surface area (Å²) in [5.74, 6) is -5.21. The first-order valence-electron chi connectivity index (χ1n) is 29.6. The normalized spacial score (nSPS) is 25.1. The Morgan fingerprint density at radius 3 is 2.36 bits per heavy atom. The zero-order chi connectivity index (χ0) is 64.2. The topological polar surface area (TPSA) is 283 Å². The van der Waals surface area contributed by atoms with Gasteiger partial charge in [-0.2, -0.15) is 0 Å². The van der Waals surface area contributed by atoms with Crippen LogP contribution in [0.5, 0.6) is 5.75 Å². The first-order valence-corrected chi connectivity index (χ1v) is 30.4. The molecule has 0 saturated carbocycles. The highest BCUT2D eigenvalue weighted by Gasteiger charge is 2.64. The summed E-state index contributed by atoms with van der Waals surface area (Å²) in [7, 11) is 5.79. The number of amides is 7. The number of aliphatic hydroxyl groups is 1. The number of imide groups is 1. The number of Topliss-reactive ketones (excluding diaryl/α,β-unsaturated/α-hetero) is 1. The van der Waals surface area contributed by atoms with Gasteiger partial charge in [0.15, 0.2) is 5.78 Å². The number of benzene rings is 2. The largest absolute Gasteiger partial charge is 0.496 e. The zero-order valence-electron chi connectivity index (χ0n) is 51.7. The molecule has 4 heterocycles. The van der Waals surface area contributed by atoms with Gasteiger partial charge in [-0.25, -0.2) is 9.59 Å². The van der Waals surface area contributed by atoms with E-state index in [4.69, 9.17) is 53.2 Å². The molecule has 5 N–H and O–H groups in total. The van der Waals surface area contributed by atoms with E-state index in [1.165, 1.54) is 62.3 Å². The van der Waals surface area contributed by atoms with Crippen LogP contribution in [-0.4, -0.2) is 162 Å². The molecule has 2 saturated heterocycles. The van der Waals surface area contributed by atoms with Gasteiger partial charge in [-0.3, -0.25) is 38.5 Å². The van der Waals surface area contributed by atoms with Crippen molar-refractivity contribution >= 4 is 87.7 Å². The molecule has 2 fully saturated rings. The van der Waals surface area contributed by atoms with E-state index in [1.807, 2.05) is 45.9 Å². The van der Waals surface area contributed by atoms with Gasteiger partial charge in [-0.1, -0.05) is 86.9 Å². The number of anilines is 1. The third-order valence-corrected chi connectivity index (χ3v) is 17.9. The van der Waals surface area contributed by atoms with E-state index in [2.05, 4.69) is 10.6 Å². The summed E-state index contributed by atoms with van der Waals surface area (Å²) in [6, 6.07) is 5.34. The average Bonchev–Trinajstić information content (AvgIpc) is 1.65. The van der Waals surface area contributed by atoms with Gasteiger partial charge in [0.25, 0.3) is 17.7 Å². The number of carbonyl (C=O) groups excluding carboxylic acids is 9. The average molecular weight is 1250 g/mol. The molecule has 2 aromatic carbocycles. The number of primary amides is 1. The molecule has 474 valence electrons. The van der Waals surface area contributed by atoms with Crippen LogP contribution < -0.4 is 26.0 Å². The minimum absolute atomic E-state index is 0.00664. The first-order chi connectivity index (χ1) is 41.0. The van der Waals surface area contributed by atoms with Crippen LogP contribution in [0, 0.1) is 24.7 Å². The maximum absolute atomic E-state index is 14.5. The molecule has 0 unspecified atom stereocenters. The predicted octanol–water partition coefficient (Wildman–Crippen LogP) is 6.95. The standard InChI is InChI=1S/C64H85ClN6O15S/c1-36(2)45(32-43(87)18-13-12-14-26-71-53(73)23-24-54(71)74)59(77)68-46(19-16-25-67-62(66)80)48(72)30-41-21-22-44(49(31-41)82-10)60(78)69(8)40(6)61(79)85-52-33-55(75)70(9)47-29-42(28-38(4)57(47)65)27-37(3)17-15-20-51(83-11)64(81)34-50(84-56(76)35-64)39(5)58-63(52,7)86-58/h15,17,20-24,28-29,31,36,39-40,45-46,50-52,58,81H,12-14,16,18-19,25-27,30,32-35H2,1-11H3,(H,68,77)(H3,66,67,80)/b20-15+,37-17+/t39-,40+,45+,46+,50+,51-,52+,58+,63+,64-/m1/s1. The Kier molecular flexibility index (Phi) is 24.2. The molecule has 7 amide bonds. The number of methoxy groups -OCH3 is 2. The van der Waals surface area contributed by atoms with Gasteiger partial charge in [-0.15, -0.1) is 0 Å². The van der Waals surface area contributed by atoms with Crippen molar-refractivity contribution in [3.8, 4) is 5.75 Å². The second-order valence-electron chi connectivity index (χ2n) is 24.0. The Morgan fingerprint density at radius 1 is 1.00 bits per heavy atom. The minimum Gasteiger partial charge on any atom is -0.496 e. The lowest BCUT2D eigenvalue weighted by molar-refractivity contribution is -0.187. The van der Waals surface area contributed by atoms with Gasteiger partial charge in [-0.05, 0) is 118 Å². The number of likely N-dealkylation sites (N-methyl/N-ethyl adjacent to an activating group) is 1. The number of hydrogen-bond acceptors (Lipinski definition) is 16. The number of esters is 2. The second kappa shape index (κ2) is 30.4. The van der Waals surface area contributed by atoms with Gasteiger partial charge in [0.05, 0.1) is 48.4 Å². The summed E-state index contributed by atoms with van der Waals surface area (Å²) in [6.45, 7) is 13.0. The smallest absolute Gasteiger partial charge is 0.328 e. The number of halogens is 1. The zero-order valence-corrected chi connectivity index (χ0v) is 53.3. The lowest BCUT2D eigenvalue weighted by Gasteiger charge is -2.41. The molecule has 10 atom stereocenters. The third-order valence-electron chi connectivity index (χ3n) is 17.1. The molecule has 0 aromatic heterocycles. The summed E-state index contributed by atoms with van der Waals surface area (Å²) in [6.07, 6.45) is 7.04. The van der Waals surface area contributed by atoms with Crippen LogP contribution in [0.2, 0.25) is 5.02 Å². The third kappa shape index (κ3) is 17.7. The number of epoxide rings is 1. The highest BCUT2D eigenvalue weighted by Crippen LogP contribution is 2.50. The van der Waals surface area contributed by atoms with Gasteiger partial charge < -0.3 is 55.0 Å². The Labute approximate surface area is 520 Å². The number of unbranched alkanes of at least 4 members (excludes halogenated alkanes) is 2. The van der Waals surface area contributed by atoms with Crippen molar-refractivity contribution in [3.05, 3.63) is 93.6 Å². The number of carbonyl (C=O) groups is 9. The highest BCUT2D eigenvalue weighted by molar-refractivity contribution is 7.80. The number of allylic oxidation sites excluding steroid dienone is 3. The van der Waals surface area contributed by atoms with Crippen molar-refractivity contribution in [2.45, 2.75) is 173 Å². The highest BCUT2D eigenvalue weighted by atomic mass is 35.5. The van der Waals surface area contributed by atoms with Crippen molar-refractivity contribution in [2.75, 3.05) is 46.3 Å². The SMILES string of the molecule is COc1cc(CC(=O)[C@H](CCCNC(N)=O)NC(=O)[C@@H](CC(=S)CCCCCN2C(=O)C=CC2=O)C(C)C)ccc1C(=O)N(C)[C@@H](C)C(=O)O[C@H]1CC(=O)N(C)c2cc(cc(C)c2Cl)C/C(C)=C/C=C/[C@@H](OC)[C@]2(O)CC(=O)O[C@@H](C2)[C@@H](C)[C@@H]2O[C@@]12C.